The Morgan fingerprint density at radius 1 is 1.14 bits per heavy atom. The van der Waals surface area contributed by atoms with Gasteiger partial charge < -0.3 is 9.67 Å². The summed E-state index contributed by atoms with van der Waals surface area (Å²) in [6.45, 7) is 4.40. The zero-order valence-corrected chi connectivity index (χ0v) is 21.1. The Hall–Kier alpha value is -2.61. The van der Waals surface area contributed by atoms with Gasteiger partial charge in [0.1, 0.15) is 22.5 Å². The number of aliphatic hydroxyl groups is 1. The van der Waals surface area contributed by atoms with Gasteiger partial charge in [-0.1, -0.05) is 43.0 Å². The van der Waals surface area contributed by atoms with Crippen LogP contribution in [0.4, 0.5) is 4.39 Å². The molecule has 5 rings (SSSR count). The van der Waals surface area contributed by atoms with Crippen LogP contribution < -0.4 is 0 Å². The van der Waals surface area contributed by atoms with Crippen molar-refractivity contribution in [2.24, 2.45) is 11.8 Å². The van der Waals surface area contributed by atoms with E-state index >= 15 is 0 Å². The summed E-state index contributed by atoms with van der Waals surface area (Å²) in [6.07, 6.45) is 9.10. The van der Waals surface area contributed by atoms with Gasteiger partial charge in [0.05, 0.1) is 21.7 Å². The number of hydrogen-bond donors (Lipinski definition) is 1. The summed E-state index contributed by atoms with van der Waals surface area (Å²) >= 11 is 12.6. The fourth-order valence-corrected chi connectivity index (χ4v) is 5.40. The molecule has 182 valence electrons. The summed E-state index contributed by atoms with van der Waals surface area (Å²) in [5, 5.41) is 12.4. The first-order valence-electron chi connectivity index (χ1n) is 11.8. The number of rotatable bonds is 5. The number of nitrogens with zero attached hydrogens (tertiary/aromatic N) is 5. The molecule has 0 aromatic carbocycles. The number of pyridine rings is 3. The predicted octanol–water partition coefficient (Wildman–Crippen LogP) is 6.42. The van der Waals surface area contributed by atoms with Gasteiger partial charge in [-0.05, 0) is 49.8 Å². The molecule has 4 aromatic heterocycles. The zero-order chi connectivity index (χ0) is 24.7. The van der Waals surface area contributed by atoms with Crippen LogP contribution in [0.25, 0.3) is 22.3 Å². The van der Waals surface area contributed by atoms with Crippen LogP contribution in [0, 0.1) is 17.7 Å². The molecular weight excluding hydrogens is 488 g/mol. The van der Waals surface area contributed by atoms with E-state index in [2.05, 4.69) is 21.9 Å². The van der Waals surface area contributed by atoms with Crippen molar-refractivity contribution >= 4 is 34.2 Å². The van der Waals surface area contributed by atoms with Crippen LogP contribution in [-0.4, -0.2) is 29.6 Å². The van der Waals surface area contributed by atoms with Crippen LogP contribution in [0.2, 0.25) is 10.2 Å². The molecule has 0 aliphatic heterocycles. The number of aromatic nitrogens is 5. The van der Waals surface area contributed by atoms with Crippen LogP contribution in [0.15, 0.2) is 42.9 Å². The Balaban J connectivity index is 1.75. The average molecular weight is 514 g/mol. The molecular formula is C26H26Cl2FN5O. The minimum Gasteiger partial charge on any atom is -0.376 e. The molecule has 35 heavy (non-hydrogen) atoms. The first kappa shape index (κ1) is 24.1. The second-order valence-electron chi connectivity index (χ2n) is 9.63. The third-order valence-electron chi connectivity index (χ3n) is 6.90. The first-order chi connectivity index (χ1) is 16.7. The number of imidazole rings is 1. The largest absolute Gasteiger partial charge is 0.376 e. The van der Waals surface area contributed by atoms with Crippen molar-refractivity contribution in [3.05, 3.63) is 70.4 Å². The monoisotopic (exact) mass is 513 g/mol. The lowest BCUT2D eigenvalue weighted by Gasteiger charge is -2.29. The Labute approximate surface area is 213 Å². The molecule has 1 N–H and O–H groups in total. The molecule has 1 saturated carbocycles. The lowest BCUT2D eigenvalue weighted by atomic mass is 9.83. The third kappa shape index (κ3) is 4.65. The van der Waals surface area contributed by atoms with E-state index in [0.717, 1.165) is 25.7 Å². The van der Waals surface area contributed by atoms with Gasteiger partial charge >= 0.3 is 0 Å². The van der Waals surface area contributed by atoms with Gasteiger partial charge in [0.15, 0.2) is 5.60 Å². The van der Waals surface area contributed by atoms with E-state index in [9.17, 15) is 9.50 Å². The first-order valence-corrected chi connectivity index (χ1v) is 12.5. The van der Waals surface area contributed by atoms with Crippen molar-refractivity contribution in [3.63, 3.8) is 0 Å². The molecule has 1 atom stereocenters. The fraction of sp³-hybridized carbons (Fsp3) is 0.385. The second kappa shape index (κ2) is 9.45. The molecule has 0 bridgehead atoms. The van der Waals surface area contributed by atoms with Crippen LogP contribution in [0.1, 0.15) is 51.0 Å². The normalized spacial score (nSPS) is 20.2. The van der Waals surface area contributed by atoms with Gasteiger partial charge in [-0.15, -0.1) is 0 Å². The molecule has 0 spiro atoms. The summed E-state index contributed by atoms with van der Waals surface area (Å²) in [4.78, 5) is 17.7. The summed E-state index contributed by atoms with van der Waals surface area (Å²) in [6, 6.07) is 6.21. The number of halogens is 3. The van der Waals surface area contributed by atoms with Crippen molar-refractivity contribution in [3.8, 4) is 11.3 Å². The highest BCUT2D eigenvalue weighted by atomic mass is 35.5. The summed E-state index contributed by atoms with van der Waals surface area (Å²) in [5.41, 5.74) is 0.613. The van der Waals surface area contributed by atoms with E-state index in [-0.39, 0.29) is 10.8 Å². The van der Waals surface area contributed by atoms with Crippen molar-refractivity contribution in [1.29, 1.82) is 0 Å². The average Bonchev–Trinajstić information content (AvgIpc) is 3.19. The number of fused-ring (bicyclic) bond motifs is 1. The molecule has 1 fully saturated rings. The molecule has 6 nitrogen and oxygen atoms in total. The highest BCUT2D eigenvalue weighted by Crippen LogP contribution is 2.38. The standard InChI is InChI=1S/C26H26Cl2FN5O/c1-15-5-7-16(8-6-15)14-34-23-20(11-21(28)33-22(23)17-10-18(27)13-30-12-17)32-25(34)26(2,35)24-19(29)4-3-9-31-24/h3-4,9-13,15-16,35H,5-8,14H2,1-2H3. The summed E-state index contributed by atoms with van der Waals surface area (Å²) < 4.78 is 16.8. The quantitative estimate of drug-likeness (QED) is 0.311. The maximum atomic E-state index is 14.8. The molecule has 0 saturated heterocycles. The second-order valence-corrected chi connectivity index (χ2v) is 10.5. The van der Waals surface area contributed by atoms with Crippen molar-refractivity contribution in [1.82, 2.24) is 24.5 Å². The topological polar surface area (TPSA) is 76.7 Å². The molecule has 4 heterocycles. The predicted molar refractivity (Wildman–Crippen MR) is 135 cm³/mol. The van der Waals surface area contributed by atoms with Gasteiger partial charge in [-0.25, -0.2) is 14.4 Å². The zero-order valence-electron chi connectivity index (χ0n) is 19.5. The van der Waals surface area contributed by atoms with E-state index in [4.69, 9.17) is 28.2 Å². The molecule has 1 aliphatic carbocycles. The van der Waals surface area contributed by atoms with Crippen molar-refractivity contribution in [2.75, 3.05) is 0 Å². The molecule has 1 aliphatic rings. The van der Waals surface area contributed by atoms with Crippen LogP contribution in [-0.2, 0) is 12.1 Å². The lowest BCUT2D eigenvalue weighted by molar-refractivity contribution is 0.0777. The molecule has 9 heteroatoms. The van der Waals surface area contributed by atoms with Gasteiger partial charge in [0.25, 0.3) is 0 Å². The minimum atomic E-state index is -1.79. The van der Waals surface area contributed by atoms with Gasteiger partial charge in [0, 0.05) is 36.8 Å². The highest BCUT2D eigenvalue weighted by Gasteiger charge is 2.37. The van der Waals surface area contributed by atoms with E-state index in [1.807, 2.05) is 4.57 Å². The van der Waals surface area contributed by atoms with E-state index in [0.29, 0.717) is 51.5 Å². The Morgan fingerprint density at radius 2 is 1.91 bits per heavy atom. The fourth-order valence-electron chi connectivity index (χ4n) is 5.04. The lowest BCUT2D eigenvalue weighted by Crippen LogP contribution is -2.31. The van der Waals surface area contributed by atoms with Gasteiger partial charge in [-0.3, -0.25) is 9.97 Å². The highest BCUT2D eigenvalue weighted by molar-refractivity contribution is 6.31. The Morgan fingerprint density at radius 3 is 2.63 bits per heavy atom. The SMILES string of the molecule is CC1CCC(Cn2c(C(C)(O)c3ncccc3F)nc3cc(Cl)nc(-c4cncc(Cl)c4)c32)CC1. The summed E-state index contributed by atoms with van der Waals surface area (Å²) in [5.74, 6) is 0.777. The molecule has 4 aromatic rings. The van der Waals surface area contributed by atoms with Gasteiger partial charge in [0.2, 0.25) is 0 Å². The van der Waals surface area contributed by atoms with Crippen molar-refractivity contribution in [2.45, 2.75) is 51.7 Å². The molecule has 0 amide bonds. The van der Waals surface area contributed by atoms with E-state index in [1.165, 1.54) is 25.3 Å². The van der Waals surface area contributed by atoms with Crippen LogP contribution in [0.3, 0.4) is 0 Å². The van der Waals surface area contributed by atoms with Gasteiger partial charge in [-0.2, -0.15) is 0 Å². The smallest absolute Gasteiger partial charge is 0.164 e. The van der Waals surface area contributed by atoms with E-state index < -0.39 is 11.4 Å². The van der Waals surface area contributed by atoms with Crippen LogP contribution in [0.5, 0.6) is 0 Å². The Kier molecular flexibility index (Phi) is 6.51. The minimum absolute atomic E-state index is 0.0844. The van der Waals surface area contributed by atoms with Crippen molar-refractivity contribution < 1.29 is 9.50 Å². The maximum Gasteiger partial charge on any atom is 0.164 e. The third-order valence-corrected chi connectivity index (χ3v) is 7.30. The Bertz CT molecular complexity index is 1380. The molecule has 0 radical (unpaired) electrons. The maximum absolute atomic E-state index is 14.8. The van der Waals surface area contributed by atoms with E-state index in [1.54, 1.807) is 24.5 Å². The van der Waals surface area contributed by atoms with Crippen LogP contribution >= 0.6 is 23.2 Å². The molecule has 1 unspecified atom stereocenters. The summed E-state index contributed by atoms with van der Waals surface area (Å²) in [7, 11) is 0. The number of hydrogen-bond acceptors (Lipinski definition) is 5.